The fourth-order valence-electron chi connectivity index (χ4n) is 2.36. The van der Waals surface area contributed by atoms with Gasteiger partial charge >= 0.3 is 5.69 Å². The molecular weight excluding hydrogens is 259 g/mol. The Labute approximate surface area is 119 Å². The molecule has 0 heterocycles. The fourth-order valence-corrected chi connectivity index (χ4v) is 2.36. The summed E-state index contributed by atoms with van der Waals surface area (Å²) in [4.78, 5) is 9.87. The largest absolute Gasteiger partial charge is 0.314 e. The van der Waals surface area contributed by atoms with Gasteiger partial charge in [-0.2, -0.15) is 4.39 Å². The van der Waals surface area contributed by atoms with E-state index in [2.05, 4.69) is 26.1 Å². The molecule has 1 N–H and O–H groups in total. The van der Waals surface area contributed by atoms with Crippen LogP contribution in [0, 0.1) is 21.8 Å². The van der Waals surface area contributed by atoms with E-state index in [0.717, 1.165) is 31.4 Å². The second-order valence-electron chi connectivity index (χ2n) is 5.47. The van der Waals surface area contributed by atoms with E-state index in [1.54, 1.807) is 6.07 Å². The van der Waals surface area contributed by atoms with Gasteiger partial charge in [-0.05, 0) is 43.4 Å². The van der Waals surface area contributed by atoms with Crippen LogP contribution < -0.4 is 5.32 Å². The normalized spacial score (nSPS) is 12.7. The minimum absolute atomic E-state index is 0.401. The van der Waals surface area contributed by atoms with E-state index in [9.17, 15) is 14.5 Å². The van der Waals surface area contributed by atoms with Crippen LogP contribution in [-0.4, -0.2) is 17.5 Å². The summed E-state index contributed by atoms with van der Waals surface area (Å²) in [5.74, 6) is -0.149. The summed E-state index contributed by atoms with van der Waals surface area (Å²) in [6.07, 6.45) is 2.70. The average molecular weight is 282 g/mol. The molecule has 0 aliphatic rings. The van der Waals surface area contributed by atoms with Crippen molar-refractivity contribution in [2.45, 2.75) is 46.1 Å². The number of nitro groups is 1. The lowest BCUT2D eigenvalue weighted by Gasteiger charge is -2.19. The number of hydrogen-bond acceptors (Lipinski definition) is 3. The first-order valence-corrected chi connectivity index (χ1v) is 7.10. The van der Waals surface area contributed by atoms with E-state index in [0.29, 0.717) is 12.0 Å². The molecule has 4 nitrogen and oxygen atoms in total. The van der Waals surface area contributed by atoms with Gasteiger partial charge in [0.1, 0.15) is 0 Å². The van der Waals surface area contributed by atoms with E-state index in [-0.39, 0.29) is 0 Å². The number of aryl methyl sites for hydroxylation is 1. The maximum atomic E-state index is 13.5. The number of nitrogens with one attached hydrogen (secondary N) is 1. The third-order valence-corrected chi connectivity index (χ3v) is 3.24. The summed E-state index contributed by atoms with van der Waals surface area (Å²) >= 11 is 0. The van der Waals surface area contributed by atoms with E-state index in [1.165, 1.54) is 12.1 Å². The Bertz CT molecular complexity index is 449. The molecule has 0 amide bonds. The van der Waals surface area contributed by atoms with E-state index >= 15 is 0 Å². The SMILES string of the molecule is CCNC(CCc1ccc([N+](=O)[O-])c(F)c1)CC(C)C. The molecule has 20 heavy (non-hydrogen) atoms. The lowest BCUT2D eigenvalue weighted by molar-refractivity contribution is -0.387. The first-order chi connectivity index (χ1) is 9.43. The van der Waals surface area contributed by atoms with Crippen molar-refractivity contribution >= 4 is 5.69 Å². The second kappa shape index (κ2) is 7.94. The van der Waals surface area contributed by atoms with Crippen LogP contribution in [0.4, 0.5) is 10.1 Å². The highest BCUT2D eigenvalue weighted by Gasteiger charge is 2.15. The summed E-state index contributed by atoms with van der Waals surface area (Å²) in [5.41, 5.74) is 0.346. The predicted molar refractivity (Wildman–Crippen MR) is 78.3 cm³/mol. The van der Waals surface area contributed by atoms with Gasteiger partial charge < -0.3 is 5.32 Å². The van der Waals surface area contributed by atoms with Crippen molar-refractivity contribution in [2.24, 2.45) is 5.92 Å². The zero-order valence-corrected chi connectivity index (χ0v) is 12.4. The smallest absolute Gasteiger partial charge is 0.304 e. The molecule has 0 fully saturated rings. The topological polar surface area (TPSA) is 55.2 Å². The number of benzene rings is 1. The highest BCUT2D eigenvalue weighted by atomic mass is 19.1. The van der Waals surface area contributed by atoms with Gasteiger partial charge in [0.25, 0.3) is 0 Å². The zero-order valence-electron chi connectivity index (χ0n) is 12.4. The van der Waals surface area contributed by atoms with Gasteiger partial charge in [-0.3, -0.25) is 10.1 Å². The Morgan fingerprint density at radius 1 is 1.40 bits per heavy atom. The minimum Gasteiger partial charge on any atom is -0.314 e. The first kappa shape index (κ1) is 16.6. The molecule has 0 radical (unpaired) electrons. The molecule has 0 spiro atoms. The van der Waals surface area contributed by atoms with Crippen molar-refractivity contribution in [3.63, 3.8) is 0 Å². The lowest BCUT2D eigenvalue weighted by Crippen LogP contribution is -2.30. The molecule has 0 aliphatic carbocycles. The minimum atomic E-state index is -0.753. The van der Waals surface area contributed by atoms with E-state index < -0.39 is 16.4 Å². The van der Waals surface area contributed by atoms with Gasteiger partial charge in [-0.1, -0.05) is 26.8 Å². The number of nitro benzene ring substituents is 1. The molecule has 0 saturated heterocycles. The number of halogens is 1. The van der Waals surface area contributed by atoms with Gasteiger partial charge in [0.2, 0.25) is 5.82 Å². The molecular formula is C15H23FN2O2. The summed E-state index contributed by atoms with van der Waals surface area (Å²) in [6, 6.07) is 4.56. The van der Waals surface area contributed by atoms with Crippen molar-refractivity contribution < 1.29 is 9.31 Å². The Hall–Kier alpha value is -1.49. The molecule has 1 unspecified atom stereocenters. The zero-order chi connectivity index (χ0) is 15.1. The lowest BCUT2D eigenvalue weighted by atomic mass is 9.97. The van der Waals surface area contributed by atoms with Crippen LogP contribution in [0.25, 0.3) is 0 Å². The summed E-state index contributed by atoms with van der Waals surface area (Å²) in [6.45, 7) is 7.33. The third-order valence-electron chi connectivity index (χ3n) is 3.24. The average Bonchev–Trinajstić information content (AvgIpc) is 2.35. The highest BCUT2D eigenvalue weighted by Crippen LogP contribution is 2.19. The van der Waals surface area contributed by atoms with Gasteiger partial charge in [-0.25, -0.2) is 0 Å². The van der Waals surface area contributed by atoms with E-state index in [4.69, 9.17) is 0 Å². The van der Waals surface area contributed by atoms with Crippen LogP contribution in [0.5, 0.6) is 0 Å². The Balaban J connectivity index is 2.63. The van der Waals surface area contributed by atoms with Crippen molar-refractivity contribution in [3.05, 3.63) is 39.7 Å². The Morgan fingerprint density at radius 2 is 2.10 bits per heavy atom. The molecule has 5 heteroatoms. The molecule has 1 aromatic rings. The monoisotopic (exact) mass is 282 g/mol. The van der Waals surface area contributed by atoms with Gasteiger partial charge in [-0.15, -0.1) is 0 Å². The van der Waals surface area contributed by atoms with Crippen molar-refractivity contribution in [1.29, 1.82) is 0 Å². The highest BCUT2D eigenvalue weighted by molar-refractivity contribution is 5.35. The van der Waals surface area contributed by atoms with Gasteiger partial charge in [0.15, 0.2) is 0 Å². The van der Waals surface area contributed by atoms with Crippen LogP contribution in [0.1, 0.15) is 39.2 Å². The number of hydrogen-bond donors (Lipinski definition) is 1. The van der Waals surface area contributed by atoms with Crippen LogP contribution in [0.2, 0.25) is 0 Å². The summed E-state index contributed by atoms with van der Waals surface area (Å²) in [5, 5.41) is 14.0. The van der Waals surface area contributed by atoms with Crippen LogP contribution >= 0.6 is 0 Å². The number of rotatable bonds is 8. The molecule has 112 valence electrons. The molecule has 0 bridgehead atoms. The number of nitrogens with zero attached hydrogens (tertiary/aromatic N) is 1. The fraction of sp³-hybridized carbons (Fsp3) is 0.600. The quantitative estimate of drug-likeness (QED) is 0.584. The summed E-state index contributed by atoms with van der Waals surface area (Å²) < 4.78 is 13.5. The first-order valence-electron chi connectivity index (χ1n) is 7.10. The van der Waals surface area contributed by atoms with Gasteiger partial charge in [0, 0.05) is 12.1 Å². The Morgan fingerprint density at radius 3 is 2.60 bits per heavy atom. The van der Waals surface area contributed by atoms with Crippen molar-refractivity contribution in [1.82, 2.24) is 5.32 Å². The molecule has 1 rings (SSSR count). The van der Waals surface area contributed by atoms with E-state index in [1.807, 2.05) is 0 Å². The molecule has 0 aliphatic heterocycles. The third kappa shape index (κ3) is 5.25. The standard InChI is InChI=1S/C15H23FN2O2/c1-4-17-13(9-11(2)3)7-5-12-6-8-15(18(19)20)14(16)10-12/h6,8,10-11,13,17H,4-5,7,9H2,1-3H3. The Kier molecular flexibility index (Phi) is 6.58. The van der Waals surface area contributed by atoms with Crippen LogP contribution in [-0.2, 0) is 6.42 Å². The maximum Gasteiger partial charge on any atom is 0.304 e. The van der Waals surface area contributed by atoms with Gasteiger partial charge in [0.05, 0.1) is 4.92 Å². The molecule has 0 saturated carbocycles. The molecule has 1 aromatic carbocycles. The van der Waals surface area contributed by atoms with Crippen LogP contribution in [0.15, 0.2) is 18.2 Å². The second-order valence-corrected chi connectivity index (χ2v) is 5.47. The van der Waals surface area contributed by atoms with Crippen molar-refractivity contribution in [3.8, 4) is 0 Å². The molecule has 0 aromatic heterocycles. The summed E-state index contributed by atoms with van der Waals surface area (Å²) in [7, 11) is 0. The van der Waals surface area contributed by atoms with Crippen molar-refractivity contribution in [2.75, 3.05) is 6.54 Å². The van der Waals surface area contributed by atoms with Crippen LogP contribution in [0.3, 0.4) is 0 Å². The maximum absolute atomic E-state index is 13.5. The molecule has 1 atom stereocenters. The predicted octanol–water partition coefficient (Wildman–Crippen LogP) is 3.69.